The third-order valence-corrected chi connectivity index (χ3v) is 5.15. The summed E-state index contributed by atoms with van der Waals surface area (Å²) in [5, 5.41) is 12.4. The first-order valence-corrected chi connectivity index (χ1v) is 10.6. The first kappa shape index (κ1) is 23.6. The summed E-state index contributed by atoms with van der Waals surface area (Å²) in [5.74, 6) is -0.218. The fraction of sp³-hybridized carbons (Fsp3) is 0.500. The third-order valence-electron chi connectivity index (χ3n) is 5.15. The van der Waals surface area contributed by atoms with E-state index in [2.05, 4.69) is 35.5 Å². The summed E-state index contributed by atoms with van der Waals surface area (Å²) in [6.45, 7) is 2.09. The van der Waals surface area contributed by atoms with Crippen molar-refractivity contribution in [1.82, 2.24) is 29.9 Å². The molecule has 0 radical (unpaired) electrons. The van der Waals surface area contributed by atoms with E-state index < -0.39 is 37.1 Å². The number of fused-ring (bicyclic) bond motifs is 1. The maximum atomic E-state index is 14.9. The molecule has 1 amide bonds. The van der Waals surface area contributed by atoms with Crippen LogP contribution in [-0.4, -0.2) is 61.8 Å². The van der Waals surface area contributed by atoms with Gasteiger partial charge < -0.3 is 20.1 Å². The van der Waals surface area contributed by atoms with Gasteiger partial charge in [0.15, 0.2) is 12.4 Å². The number of anilines is 2. The highest BCUT2D eigenvalue weighted by Gasteiger charge is 2.41. The first-order valence-electron chi connectivity index (χ1n) is 10.6. The van der Waals surface area contributed by atoms with Gasteiger partial charge in [-0.05, 0) is 32.8 Å². The van der Waals surface area contributed by atoms with Gasteiger partial charge in [0.25, 0.3) is 0 Å². The number of nitrogens with one attached hydrogen (secondary N) is 3. The van der Waals surface area contributed by atoms with Crippen LogP contribution in [0.4, 0.5) is 34.1 Å². The number of carbonyl (C=O) groups excluding carboxylic acids is 1. The molecule has 0 saturated heterocycles. The number of hydrogen-bond donors (Lipinski definition) is 3. The van der Waals surface area contributed by atoms with Crippen LogP contribution in [0, 0.1) is 0 Å². The highest BCUT2D eigenvalue weighted by molar-refractivity contribution is 5.67. The zero-order chi connectivity index (χ0) is 24.5. The van der Waals surface area contributed by atoms with Crippen LogP contribution in [0.5, 0.6) is 5.88 Å². The van der Waals surface area contributed by atoms with Crippen LogP contribution >= 0.6 is 0 Å². The number of imidazole rings is 1. The van der Waals surface area contributed by atoms with Crippen molar-refractivity contribution >= 4 is 23.5 Å². The molecule has 3 aromatic rings. The lowest BCUT2D eigenvalue weighted by Crippen LogP contribution is -2.36. The summed E-state index contributed by atoms with van der Waals surface area (Å²) in [7, 11) is 0. The molecular formula is C20H23F4N7O3. The Balaban J connectivity index is 1.43. The van der Waals surface area contributed by atoms with E-state index in [9.17, 15) is 22.4 Å². The van der Waals surface area contributed by atoms with Crippen molar-refractivity contribution in [2.75, 3.05) is 11.9 Å². The molecule has 3 atom stereocenters. The zero-order valence-electron chi connectivity index (χ0n) is 18.3. The third kappa shape index (κ3) is 5.48. The molecule has 0 bridgehead atoms. The van der Waals surface area contributed by atoms with E-state index in [1.807, 2.05) is 0 Å². The predicted octanol–water partition coefficient (Wildman–Crippen LogP) is 3.86. The molecule has 34 heavy (non-hydrogen) atoms. The number of nitrogens with zero attached hydrogens (tertiary/aromatic N) is 4. The Hall–Kier alpha value is -3.58. The molecule has 0 aliphatic heterocycles. The predicted molar refractivity (Wildman–Crippen MR) is 112 cm³/mol. The van der Waals surface area contributed by atoms with Gasteiger partial charge in [-0.15, -0.1) is 0 Å². The number of aromatic nitrogens is 5. The maximum Gasteiger partial charge on any atom is 0.422 e. The average molecular weight is 485 g/mol. The topological polar surface area (TPSA) is 118 Å². The summed E-state index contributed by atoms with van der Waals surface area (Å²) >= 11 is 0. The van der Waals surface area contributed by atoms with E-state index in [1.165, 1.54) is 22.9 Å². The van der Waals surface area contributed by atoms with E-state index in [4.69, 9.17) is 4.74 Å². The highest BCUT2D eigenvalue weighted by atomic mass is 19.4. The normalized spacial score (nSPS) is 20.6. The minimum Gasteiger partial charge on any atom is -0.467 e. The summed E-state index contributed by atoms with van der Waals surface area (Å²) in [6.07, 6.45) is -3.90. The summed E-state index contributed by atoms with van der Waals surface area (Å²) < 4.78 is 63.5. The number of carbonyl (C=O) groups is 1. The number of alkyl halides is 4. The van der Waals surface area contributed by atoms with Gasteiger partial charge >= 0.3 is 12.3 Å². The lowest BCUT2D eigenvalue weighted by molar-refractivity contribution is -0.154. The zero-order valence-corrected chi connectivity index (χ0v) is 18.3. The standard InChI is InChI=1S/C20H23F4N7O3/c1-10(2)26-19(32)34-13-4-3-11(17(13)21)12-7-14(30-29-12)27-18-25-6-5-15-28-16(8-31(15)18)33-9-20(22,23)24/h5-8,10-11,13,17H,3-4,9H2,1-2H3,(H,26,32)(H2,25,27,29,30)/t11-,13-,17-/m0/s1. The monoisotopic (exact) mass is 485 g/mol. The Morgan fingerprint density at radius 1 is 1.35 bits per heavy atom. The Bertz CT molecular complexity index is 1150. The van der Waals surface area contributed by atoms with Crippen molar-refractivity contribution in [3.8, 4) is 5.88 Å². The van der Waals surface area contributed by atoms with Gasteiger partial charge in [-0.3, -0.25) is 9.50 Å². The summed E-state index contributed by atoms with van der Waals surface area (Å²) in [6, 6.07) is 2.99. The Labute approximate surface area is 191 Å². The van der Waals surface area contributed by atoms with Crippen LogP contribution in [-0.2, 0) is 4.74 Å². The number of aromatic amines is 1. The molecule has 10 nitrogen and oxygen atoms in total. The van der Waals surface area contributed by atoms with Crippen molar-refractivity contribution in [2.45, 2.75) is 57.1 Å². The van der Waals surface area contributed by atoms with Crippen LogP contribution in [0.15, 0.2) is 24.5 Å². The number of amides is 1. The van der Waals surface area contributed by atoms with Crippen LogP contribution in [0.1, 0.15) is 38.3 Å². The van der Waals surface area contributed by atoms with Crippen LogP contribution in [0.2, 0.25) is 0 Å². The highest BCUT2D eigenvalue weighted by Crippen LogP contribution is 2.38. The molecule has 3 aromatic heterocycles. The van der Waals surface area contributed by atoms with Crippen LogP contribution in [0.3, 0.4) is 0 Å². The minimum atomic E-state index is -4.49. The molecule has 14 heteroatoms. The average Bonchev–Trinajstić information content (AvgIpc) is 3.45. The Morgan fingerprint density at radius 2 is 2.15 bits per heavy atom. The molecule has 0 unspecified atom stereocenters. The maximum absolute atomic E-state index is 14.9. The van der Waals surface area contributed by atoms with Crippen molar-refractivity contribution in [3.05, 3.63) is 30.2 Å². The molecule has 1 aliphatic rings. The van der Waals surface area contributed by atoms with Gasteiger partial charge in [-0.1, -0.05) is 0 Å². The van der Waals surface area contributed by atoms with E-state index in [0.29, 0.717) is 30.0 Å². The van der Waals surface area contributed by atoms with E-state index in [1.54, 1.807) is 19.9 Å². The van der Waals surface area contributed by atoms with Crippen molar-refractivity contribution in [1.29, 1.82) is 0 Å². The van der Waals surface area contributed by atoms with Crippen LogP contribution < -0.4 is 15.4 Å². The molecular weight excluding hydrogens is 462 g/mol. The molecule has 3 N–H and O–H groups in total. The van der Waals surface area contributed by atoms with E-state index >= 15 is 0 Å². The first-order chi connectivity index (χ1) is 16.1. The van der Waals surface area contributed by atoms with Crippen LogP contribution in [0.25, 0.3) is 5.65 Å². The Morgan fingerprint density at radius 3 is 2.88 bits per heavy atom. The van der Waals surface area contributed by atoms with Gasteiger partial charge in [0.2, 0.25) is 11.8 Å². The number of ether oxygens (including phenoxy) is 2. The fourth-order valence-electron chi connectivity index (χ4n) is 3.70. The van der Waals surface area contributed by atoms with Gasteiger partial charge in [-0.25, -0.2) is 14.2 Å². The number of H-pyrrole nitrogens is 1. The second kappa shape index (κ2) is 9.35. The molecule has 1 fully saturated rings. The van der Waals surface area contributed by atoms with Gasteiger partial charge in [0.05, 0.1) is 6.20 Å². The number of rotatable bonds is 7. The number of halogens is 4. The number of hydrogen-bond acceptors (Lipinski definition) is 7. The van der Waals surface area contributed by atoms with Crippen molar-refractivity contribution < 1.29 is 31.8 Å². The van der Waals surface area contributed by atoms with Gasteiger partial charge in [0, 0.05) is 29.9 Å². The second-order valence-corrected chi connectivity index (χ2v) is 8.18. The van der Waals surface area contributed by atoms with E-state index in [-0.39, 0.29) is 17.9 Å². The largest absolute Gasteiger partial charge is 0.467 e. The summed E-state index contributed by atoms with van der Waals surface area (Å²) in [4.78, 5) is 19.9. The minimum absolute atomic E-state index is 0.121. The number of alkyl carbamates (subject to hydrolysis) is 1. The summed E-state index contributed by atoms with van der Waals surface area (Å²) in [5.41, 5.74) is 0.821. The molecule has 3 heterocycles. The van der Waals surface area contributed by atoms with Crippen molar-refractivity contribution in [3.63, 3.8) is 0 Å². The molecule has 0 aromatic carbocycles. The second-order valence-electron chi connectivity index (χ2n) is 8.18. The quantitative estimate of drug-likeness (QED) is 0.435. The van der Waals surface area contributed by atoms with Gasteiger partial charge in [-0.2, -0.15) is 23.3 Å². The van der Waals surface area contributed by atoms with Gasteiger partial charge in [0.1, 0.15) is 17.9 Å². The van der Waals surface area contributed by atoms with Crippen molar-refractivity contribution in [2.24, 2.45) is 0 Å². The molecule has 0 spiro atoms. The fourth-order valence-corrected chi connectivity index (χ4v) is 3.70. The molecule has 1 aliphatic carbocycles. The molecule has 4 rings (SSSR count). The molecule has 184 valence electrons. The molecule has 1 saturated carbocycles. The smallest absolute Gasteiger partial charge is 0.422 e. The van der Waals surface area contributed by atoms with E-state index in [0.717, 1.165) is 0 Å². The lowest BCUT2D eigenvalue weighted by Gasteiger charge is -2.18. The lowest BCUT2D eigenvalue weighted by atomic mass is 10.0. The Kier molecular flexibility index (Phi) is 6.48. The SMILES string of the molecule is CC(C)NC(=O)O[C@H]1CC[C@@H](c2cc(Nc3nccc4nc(OCC(F)(F)F)cn34)n[nH]2)[C@@H]1F.